The lowest BCUT2D eigenvalue weighted by Crippen LogP contribution is -2.38. The van der Waals surface area contributed by atoms with Crippen LogP contribution in [0.25, 0.3) is 0 Å². The zero-order valence-corrected chi connectivity index (χ0v) is 10.9. The van der Waals surface area contributed by atoms with Gasteiger partial charge in [0, 0.05) is 18.3 Å². The van der Waals surface area contributed by atoms with E-state index in [1.54, 1.807) is 0 Å². The summed E-state index contributed by atoms with van der Waals surface area (Å²) in [6, 6.07) is 0.346. The van der Waals surface area contributed by atoms with Gasteiger partial charge in [-0.05, 0) is 33.6 Å². The minimum Gasteiger partial charge on any atom is -0.336 e. The summed E-state index contributed by atoms with van der Waals surface area (Å²) in [4.78, 5) is 14.5. The lowest BCUT2D eigenvalue weighted by molar-refractivity contribution is 0.0696. The number of aromatic nitrogens is 2. The van der Waals surface area contributed by atoms with Crippen LogP contribution in [0.2, 0.25) is 0 Å². The monoisotopic (exact) mass is 235 g/mol. The predicted octanol–water partition coefficient (Wildman–Crippen LogP) is 2.43. The van der Waals surface area contributed by atoms with Crippen molar-refractivity contribution in [3.8, 4) is 0 Å². The second-order valence-corrected chi connectivity index (χ2v) is 5.01. The van der Waals surface area contributed by atoms with Crippen molar-refractivity contribution in [2.45, 2.75) is 52.5 Å². The van der Waals surface area contributed by atoms with Gasteiger partial charge in [0.2, 0.25) is 0 Å². The number of nitrogens with one attached hydrogen (secondary N) is 1. The van der Waals surface area contributed by atoms with Crippen LogP contribution < -0.4 is 0 Å². The first-order valence-corrected chi connectivity index (χ1v) is 6.43. The van der Waals surface area contributed by atoms with Crippen molar-refractivity contribution in [2.24, 2.45) is 0 Å². The fraction of sp³-hybridized carbons (Fsp3) is 0.692. The van der Waals surface area contributed by atoms with Crippen LogP contribution in [0.1, 0.15) is 54.4 Å². The number of carbonyl (C=O) groups excluding carboxylic acids is 1. The molecule has 1 aliphatic heterocycles. The quantitative estimate of drug-likeness (QED) is 0.812. The van der Waals surface area contributed by atoms with E-state index in [0.717, 1.165) is 36.3 Å². The SMILES string of the molecule is Cc1n[nH]c(C)c1C(=O)N1CCCCCC1C. The van der Waals surface area contributed by atoms with Gasteiger partial charge in [0.15, 0.2) is 0 Å². The Hall–Kier alpha value is -1.32. The zero-order chi connectivity index (χ0) is 12.4. The number of H-pyrrole nitrogens is 1. The molecule has 2 rings (SSSR count). The van der Waals surface area contributed by atoms with E-state index < -0.39 is 0 Å². The summed E-state index contributed by atoms with van der Waals surface area (Å²) in [5.41, 5.74) is 2.45. The van der Waals surface area contributed by atoms with E-state index in [4.69, 9.17) is 0 Å². The van der Waals surface area contributed by atoms with Gasteiger partial charge >= 0.3 is 0 Å². The highest BCUT2D eigenvalue weighted by Crippen LogP contribution is 2.21. The van der Waals surface area contributed by atoms with Gasteiger partial charge in [0.1, 0.15) is 0 Å². The van der Waals surface area contributed by atoms with Crippen molar-refractivity contribution < 1.29 is 4.79 Å². The number of likely N-dealkylation sites (tertiary alicyclic amines) is 1. The average Bonchev–Trinajstić information content (AvgIpc) is 2.51. The number of rotatable bonds is 1. The molecule has 1 atom stereocenters. The Morgan fingerprint density at radius 1 is 1.35 bits per heavy atom. The van der Waals surface area contributed by atoms with Crippen molar-refractivity contribution >= 4 is 5.91 Å². The molecule has 0 spiro atoms. The summed E-state index contributed by atoms with van der Waals surface area (Å²) in [7, 11) is 0. The minimum atomic E-state index is 0.142. The largest absolute Gasteiger partial charge is 0.336 e. The molecule has 0 radical (unpaired) electrons. The van der Waals surface area contributed by atoms with E-state index in [0.29, 0.717) is 6.04 Å². The minimum absolute atomic E-state index is 0.142. The van der Waals surface area contributed by atoms with Gasteiger partial charge in [0.05, 0.1) is 11.3 Å². The van der Waals surface area contributed by atoms with Crippen LogP contribution in [0, 0.1) is 13.8 Å². The third-order valence-corrected chi connectivity index (χ3v) is 3.66. The van der Waals surface area contributed by atoms with Crippen LogP contribution in [0.15, 0.2) is 0 Å². The molecule has 4 nitrogen and oxygen atoms in total. The first-order chi connectivity index (χ1) is 8.11. The number of aryl methyl sites for hydroxylation is 2. The molecule has 1 aromatic heterocycles. The Morgan fingerprint density at radius 3 is 2.76 bits per heavy atom. The van der Waals surface area contributed by atoms with E-state index in [9.17, 15) is 4.79 Å². The van der Waals surface area contributed by atoms with Crippen molar-refractivity contribution in [1.82, 2.24) is 15.1 Å². The van der Waals surface area contributed by atoms with E-state index >= 15 is 0 Å². The first kappa shape index (κ1) is 12.1. The maximum Gasteiger partial charge on any atom is 0.257 e. The molecule has 1 saturated heterocycles. The summed E-state index contributed by atoms with van der Waals surface area (Å²) >= 11 is 0. The molecule has 2 heterocycles. The molecule has 0 aliphatic carbocycles. The molecule has 0 saturated carbocycles. The standard InChI is InChI=1S/C13H21N3O/c1-9-7-5-4-6-8-16(9)13(17)12-10(2)14-15-11(12)3/h9H,4-8H2,1-3H3,(H,14,15). The number of nitrogens with zero attached hydrogens (tertiary/aromatic N) is 2. The Balaban J connectivity index is 2.24. The number of carbonyl (C=O) groups is 1. The number of aromatic amines is 1. The molecule has 1 aliphatic rings. The predicted molar refractivity (Wildman–Crippen MR) is 67.0 cm³/mol. The summed E-state index contributed by atoms with van der Waals surface area (Å²) in [6.07, 6.45) is 4.69. The molecule has 1 aromatic rings. The van der Waals surface area contributed by atoms with Gasteiger partial charge in [-0.1, -0.05) is 12.8 Å². The molecule has 4 heteroatoms. The second kappa shape index (κ2) is 4.90. The van der Waals surface area contributed by atoms with Crippen molar-refractivity contribution in [3.05, 3.63) is 17.0 Å². The number of hydrogen-bond donors (Lipinski definition) is 1. The van der Waals surface area contributed by atoms with Crippen LogP contribution >= 0.6 is 0 Å². The number of amides is 1. The first-order valence-electron chi connectivity index (χ1n) is 6.43. The maximum absolute atomic E-state index is 12.5. The summed E-state index contributed by atoms with van der Waals surface area (Å²) in [5.74, 6) is 0.142. The van der Waals surface area contributed by atoms with E-state index in [-0.39, 0.29) is 5.91 Å². The van der Waals surface area contributed by atoms with Gasteiger partial charge in [-0.2, -0.15) is 5.10 Å². The molecular weight excluding hydrogens is 214 g/mol. The van der Waals surface area contributed by atoms with Crippen LogP contribution in [0.4, 0.5) is 0 Å². The molecule has 0 aromatic carbocycles. The second-order valence-electron chi connectivity index (χ2n) is 5.01. The van der Waals surface area contributed by atoms with Gasteiger partial charge < -0.3 is 4.90 Å². The summed E-state index contributed by atoms with van der Waals surface area (Å²) in [5, 5.41) is 7.00. The Morgan fingerprint density at radius 2 is 2.12 bits per heavy atom. The van der Waals surface area contributed by atoms with Crippen molar-refractivity contribution in [1.29, 1.82) is 0 Å². The van der Waals surface area contributed by atoms with Gasteiger partial charge in [-0.15, -0.1) is 0 Å². The lowest BCUT2D eigenvalue weighted by Gasteiger charge is -2.27. The maximum atomic E-state index is 12.5. The third kappa shape index (κ3) is 2.35. The lowest BCUT2D eigenvalue weighted by atomic mass is 10.1. The van der Waals surface area contributed by atoms with E-state index in [1.807, 2.05) is 18.7 Å². The molecule has 94 valence electrons. The molecule has 1 unspecified atom stereocenters. The topological polar surface area (TPSA) is 49.0 Å². The van der Waals surface area contributed by atoms with E-state index in [1.165, 1.54) is 12.8 Å². The van der Waals surface area contributed by atoms with Gasteiger partial charge in [0.25, 0.3) is 5.91 Å². The smallest absolute Gasteiger partial charge is 0.257 e. The molecule has 17 heavy (non-hydrogen) atoms. The zero-order valence-electron chi connectivity index (χ0n) is 10.9. The fourth-order valence-corrected chi connectivity index (χ4v) is 2.59. The molecular formula is C13H21N3O. The third-order valence-electron chi connectivity index (χ3n) is 3.66. The molecule has 1 N–H and O–H groups in total. The van der Waals surface area contributed by atoms with Crippen LogP contribution in [0.5, 0.6) is 0 Å². The molecule has 1 amide bonds. The Labute approximate surface area is 102 Å². The fourth-order valence-electron chi connectivity index (χ4n) is 2.59. The summed E-state index contributed by atoms with van der Waals surface area (Å²) in [6.45, 7) is 6.83. The van der Waals surface area contributed by atoms with Crippen LogP contribution in [0.3, 0.4) is 0 Å². The Kier molecular flexibility index (Phi) is 3.50. The summed E-state index contributed by atoms with van der Waals surface area (Å²) < 4.78 is 0. The van der Waals surface area contributed by atoms with Gasteiger partial charge in [-0.25, -0.2) is 0 Å². The van der Waals surface area contributed by atoms with Gasteiger partial charge in [-0.3, -0.25) is 9.89 Å². The highest BCUT2D eigenvalue weighted by atomic mass is 16.2. The molecule has 0 bridgehead atoms. The van der Waals surface area contributed by atoms with Crippen LogP contribution in [-0.2, 0) is 0 Å². The highest BCUT2D eigenvalue weighted by Gasteiger charge is 2.26. The van der Waals surface area contributed by atoms with Crippen molar-refractivity contribution in [2.75, 3.05) is 6.54 Å². The Bertz CT molecular complexity index is 391. The highest BCUT2D eigenvalue weighted by molar-refractivity contribution is 5.96. The van der Waals surface area contributed by atoms with Crippen LogP contribution in [-0.4, -0.2) is 33.6 Å². The number of hydrogen-bond acceptors (Lipinski definition) is 2. The van der Waals surface area contributed by atoms with Crippen molar-refractivity contribution in [3.63, 3.8) is 0 Å². The normalized spacial score (nSPS) is 21.4. The average molecular weight is 235 g/mol. The van der Waals surface area contributed by atoms with E-state index in [2.05, 4.69) is 17.1 Å². The molecule has 1 fully saturated rings.